The van der Waals surface area contributed by atoms with E-state index in [1.807, 2.05) is 0 Å². The number of likely N-dealkylation sites (tertiary alicyclic amines) is 1. The van der Waals surface area contributed by atoms with E-state index in [0.717, 1.165) is 0 Å². The second kappa shape index (κ2) is 4.63. The third kappa shape index (κ3) is 2.42. The van der Waals surface area contributed by atoms with E-state index < -0.39 is 6.10 Å². The summed E-state index contributed by atoms with van der Waals surface area (Å²) in [6.07, 6.45) is 0.161. The van der Waals surface area contributed by atoms with Crippen molar-refractivity contribution in [1.29, 1.82) is 0 Å². The van der Waals surface area contributed by atoms with Crippen molar-refractivity contribution in [1.82, 2.24) is 4.90 Å². The summed E-state index contributed by atoms with van der Waals surface area (Å²) >= 11 is 11.7. The van der Waals surface area contributed by atoms with Gasteiger partial charge in [0, 0.05) is 26.1 Å². The molecule has 92 valence electrons. The summed E-state index contributed by atoms with van der Waals surface area (Å²) < 4.78 is 5.57. The molecule has 17 heavy (non-hydrogen) atoms. The van der Waals surface area contributed by atoms with E-state index >= 15 is 0 Å². The first-order valence-electron chi connectivity index (χ1n) is 5.15. The van der Waals surface area contributed by atoms with Crippen molar-refractivity contribution in [3.63, 3.8) is 0 Å². The van der Waals surface area contributed by atoms with Crippen LogP contribution in [0.3, 0.4) is 0 Å². The molecule has 1 heterocycles. The molecule has 0 spiro atoms. The molecule has 1 atom stereocenters. The maximum Gasteiger partial charge on any atom is 0.263 e. The second-order valence-electron chi connectivity index (χ2n) is 3.96. The Bertz CT molecular complexity index is 465. The SMILES string of the molecule is CN1CCC(Oc2cc(Cl)c(Cl)cc2N)C1=O. The number of benzene rings is 1. The van der Waals surface area contributed by atoms with Crippen LogP contribution in [0.5, 0.6) is 5.75 Å². The van der Waals surface area contributed by atoms with Gasteiger partial charge in [-0.15, -0.1) is 0 Å². The van der Waals surface area contributed by atoms with Gasteiger partial charge in [0.05, 0.1) is 15.7 Å². The minimum absolute atomic E-state index is 0.0459. The molecule has 1 aromatic carbocycles. The van der Waals surface area contributed by atoms with Crippen molar-refractivity contribution >= 4 is 34.8 Å². The van der Waals surface area contributed by atoms with E-state index in [9.17, 15) is 4.79 Å². The van der Waals surface area contributed by atoms with Crippen LogP contribution in [0, 0.1) is 0 Å². The first kappa shape index (κ1) is 12.3. The summed E-state index contributed by atoms with van der Waals surface area (Å²) in [6, 6.07) is 3.05. The molecule has 1 amide bonds. The number of hydrogen-bond acceptors (Lipinski definition) is 3. The monoisotopic (exact) mass is 274 g/mol. The van der Waals surface area contributed by atoms with Gasteiger partial charge in [0.15, 0.2) is 6.10 Å². The lowest BCUT2D eigenvalue weighted by molar-refractivity contribution is -0.132. The molecule has 2 rings (SSSR count). The van der Waals surface area contributed by atoms with Crippen molar-refractivity contribution in [2.45, 2.75) is 12.5 Å². The molecule has 0 radical (unpaired) electrons. The van der Waals surface area contributed by atoms with Gasteiger partial charge < -0.3 is 15.4 Å². The fourth-order valence-electron chi connectivity index (χ4n) is 1.70. The second-order valence-corrected chi connectivity index (χ2v) is 4.77. The Balaban J connectivity index is 2.19. The Kier molecular flexibility index (Phi) is 3.35. The van der Waals surface area contributed by atoms with Crippen LogP contribution in [0.1, 0.15) is 6.42 Å². The van der Waals surface area contributed by atoms with Crippen LogP contribution in [0.4, 0.5) is 5.69 Å². The Morgan fingerprint density at radius 2 is 2.06 bits per heavy atom. The Morgan fingerprint density at radius 3 is 2.65 bits per heavy atom. The number of rotatable bonds is 2. The molecule has 1 aliphatic heterocycles. The molecule has 1 aromatic rings. The van der Waals surface area contributed by atoms with Crippen molar-refractivity contribution < 1.29 is 9.53 Å². The fraction of sp³-hybridized carbons (Fsp3) is 0.364. The molecule has 2 N–H and O–H groups in total. The van der Waals surface area contributed by atoms with Gasteiger partial charge in [-0.25, -0.2) is 0 Å². The van der Waals surface area contributed by atoms with E-state index in [2.05, 4.69) is 0 Å². The molecule has 1 fully saturated rings. The van der Waals surface area contributed by atoms with Gasteiger partial charge in [-0.2, -0.15) is 0 Å². The van der Waals surface area contributed by atoms with Gasteiger partial charge in [-0.3, -0.25) is 4.79 Å². The number of carbonyl (C=O) groups is 1. The zero-order valence-corrected chi connectivity index (χ0v) is 10.8. The molecular weight excluding hydrogens is 263 g/mol. The smallest absolute Gasteiger partial charge is 0.263 e. The van der Waals surface area contributed by atoms with E-state index in [1.54, 1.807) is 11.9 Å². The minimum Gasteiger partial charge on any atom is -0.478 e. The summed E-state index contributed by atoms with van der Waals surface area (Å²) in [6.45, 7) is 0.685. The molecule has 1 unspecified atom stereocenters. The Morgan fingerprint density at radius 1 is 1.41 bits per heavy atom. The van der Waals surface area contributed by atoms with Crippen molar-refractivity contribution in [2.24, 2.45) is 0 Å². The highest BCUT2D eigenvalue weighted by molar-refractivity contribution is 6.42. The number of ether oxygens (including phenoxy) is 1. The number of hydrogen-bond donors (Lipinski definition) is 1. The minimum atomic E-state index is -0.487. The van der Waals surface area contributed by atoms with Crippen LogP contribution in [0.2, 0.25) is 10.0 Å². The average Bonchev–Trinajstić information content (AvgIpc) is 2.58. The normalized spacial score (nSPS) is 19.8. The highest BCUT2D eigenvalue weighted by Crippen LogP contribution is 2.33. The summed E-state index contributed by atoms with van der Waals surface area (Å²) in [7, 11) is 1.74. The van der Waals surface area contributed by atoms with Crippen LogP contribution in [0.15, 0.2) is 12.1 Å². The number of nitrogen functional groups attached to an aromatic ring is 1. The summed E-state index contributed by atoms with van der Waals surface area (Å²) in [5, 5.41) is 0.723. The number of nitrogens with zero attached hydrogens (tertiary/aromatic N) is 1. The first-order chi connectivity index (χ1) is 7.99. The van der Waals surface area contributed by atoms with Crippen LogP contribution in [0.25, 0.3) is 0 Å². The number of anilines is 1. The van der Waals surface area contributed by atoms with E-state index in [4.69, 9.17) is 33.7 Å². The van der Waals surface area contributed by atoms with Gasteiger partial charge in [0.1, 0.15) is 5.75 Å². The zero-order valence-electron chi connectivity index (χ0n) is 9.24. The van der Waals surface area contributed by atoms with Crippen molar-refractivity contribution in [3.05, 3.63) is 22.2 Å². The fourth-order valence-corrected chi connectivity index (χ4v) is 2.02. The summed E-state index contributed by atoms with van der Waals surface area (Å²) in [5.74, 6) is 0.350. The van der Waals surface area contributed by atoms with Gasteiger partial charge in [0.2, 0.25) is 0 Å². The van der Waals surface area contributed by atoms with E-state index in [1.165, 1.54) is 12.1 Å². The van der Waals surface area contributed by atoms with Crippen molar-refractivity contribution in [3.8, 4) is 5.75 Å². The number of likely N-dealkylation sites (N-methyl/N-ethyl adjacent to an activating group) is 1. The predicted molar refractivity (Wildman–Crippen MR) is 67.5 cm³/mol. The molecule has 1 saturated heterocycles. The third-order valence-electron chi connectivity index (χ3n) is 2.70. The molecular formula is C11H12Cl2N2O2. The summed E-state index contributed by atoms with van der Waals surface area (Å²) in [4.78, 5) is 13.3. The highest BCUT2D eigenvalue weighted by Gasteiger charge is 2.31. The van der Waals surface area contributed by atoms with E-state index in [0.29, 0.717) is 34.4 Å². The Labute approximate surface area is 109 Å². The maximum absolute atomic E-state index is 11.7. The molecule has 4 nitrogen and oxygen atoms in total. The number of carbonyl (C=O) groups excluding carboxylic acids is 1. The molecule has 1 aliphatic rings. The van der Waals surface area contributed by atoms with Gasteiger partial charge in [0.25, 0.3) is 5.91 Å². The van der Waals surface area contributed by atoms with Crippen LogP contribution >= 0.6 is 23.2 Å². The molecule has 0 saturated carbocycles. The van der Waals surface area contributed by atoms with E-state index in [-0.39, 0.29) is 5.91 Å². The van der Waals surface area contributed by atoms with Gasteiger partial charge >= 0.3 is 0 Å². The van der Waals surface area contributed by atoms with Crippen LogP contribution in [-0.2, 0) is 4.79 Å². The lowest BCUT2D eigenvalue weighted by atomic mass is 10.2. The zero-order chi connectivity index (χ0) is 12.6. The number of nitrogens with two attached hydrogens (primary N) is 1. The number of amides is 1. The largest absolute Gasteiger partial charge is 0.478 e. The topological polar surface area (TPSA) is 55.6 Å². The third-order valence-corrected chi connectivity index (χ3v) is 3.42. The molecule has 0 bridgehead atoms. The predicted octanol–water partition coefficient (Wildman–Crippen LogP) is 2.19. The lowest BCUT2D eigenvalue weighted by Crippen LogP contribution is -2.29. The van der Waals surface area contributed by atoms with Gasteiger partial charge in [-0.1, -0.05) is 23.2 Å². The Hall–Kier alpha value is -1.13. The molecule has 0 aromatic heterocycles. The van der Waals surface area contributed by atoms with Crippen LogP contribution in [-0.4, -0.2) is 30.5 Å². The lowest BCUT2D eigenvalue weighted by Gasteiger charge is -2.15. The molecule has 0 aliphatic carbocycles. The molecule has 6 heteroatoms. The van der Waals surface area contributed by atoms with Crippen molar-refractivity contribution in [2.75, 3.05) is 19.3 Å². The standard InChI is InChI=1S/C11H12Cl2N2O2/c1-15-3-2-9(11(15)16)17-10-5-7(13)6(12)4-8(10)14/h4-5,9H,2-3,14H2,1H3. The quantitative estimate of drug-likeness (QED) is 0.842. The number of halogens is 2. The highest BCUT2D eigenvalue weighted by atomic mass is 35.5. The maximum atomic E-state index is 11.7. The summed E-state index contributed by atoms with van der Waals surface area (Å²) in [5.41, 5.74) is 6.13. The van der Waals surface area contributed by atoms with Crippen LogP contribution < -0.4 is 10.5 Å². The average molecular weight is 275 g/mol. The first-order valence-corrected chi connectivity index (χ1v) is 5.91. The van der Waals surface area contributed by atoms with Gasteiger partial charge in [-0.05, 0) is 6.07 Å².